The molecule has 0 aliphatic rings. The number of carboxylic acid groups (broad SMARTS) is 1. The van der Waals surface area contributed by atoms with Gasteiger partial charge >= 0.3 is 5.97 Å². The number of nitrogens with one attached hydrogen (secondary N) is 1. The molecule has 0 saturated heterocycles. The van der Waals surface area contributed by atoms with E-state index >= 15 is 0 Å². The molecular formula is C10H6ClNO3. The molecule has 0 spiro atoms. The summed E-state index contributed by atoms with van der Waals surface area (Å²) in [4.78, 5) is 21.5. The van der Waals surface area contributed by atoms with E-state index in [1.807, 2.05) is 5.92 Å². The van der Waals surface area contributed by atoms with Crippen molar-refractivity contribution >= 4 is 29.2 Å². The van der Waals surface area contributed by atoms with Gasteiger partial charge < -0.3 is 10.4 Å². The van der Waals surface area contributed by atoms with Crippen LogP contribution < -0.4 is 5.32 Å². The van der Waals surface area contributed by atoms with Gasteiger partial charge in [-0.05, 0) is 24.1 Å². The molecular weight excluding hydrogens is 218 g/mol. The maximum absolute atomic E-state index is 10.8. The van der Waals surface area contributed by atoms with E-state index in [1.54, 1.807) is 0 Å². The lowest BCUT2D eigenvalue weighted by Gasteiger charge is -2.03. The highest BCUT2D eigenvalue weighted by Crippen LogP contribution is 2.19. The SMILES string of the molecule is C#CC(=O)Nc1cc(Cl)cc(C(=O)O)c1. The van der Waals surface area contributed by atoms with Crippen LogP contribution in [0, 0.1) is 12.3 Å². The maximum Gasteiger partial charge on any atom is 0.335 e. The molecule has 4 nitrogen and oxygen atoms in total. The van der Waals surface area contributed by atoms with Crippen molar-refractivity contribution in [2.24, 2.45) is 0 Å². The van der Waals surface area contributed by atoms with Gasteiger partial charge in [-0.3, -0.25) is 4.79 Å². The average molecular weight is 224 g/mol. The van der Waals surface area contributed by atoms with Gasteiger partial charge in [-0.15, -0.1) is 6.42 Å². The number of amides is 1. The minimum absolute atomic E-state index is 0.0187. The zero-order valence-corrected chi connectivity index (χ0v) is 8.21. The van der Waals surface area contributed by atoms with E-state index in [-0.39, 0.29) is 16.3 Å². The van der Waals surface area contributed by atoms with E-state index < -0.39 is 11.9 Å². The van der Waals surface area contributed by atoms with Crippen molar-refractivity contribution in [3.63, 3.8) is 0 Å². The lowest BCUT2D eigenvalue weighted by atomic mass is 10.2. The highest BCUT2D eigenvalue weighted by Gasteiger charge is 2.07. The zero-order valence-electron chi connectivity index (χ0n) is 7.45. The molecule has 0 aliphatic carbocycles. The molecule has 2 N–H and O–H groups in total. The fourth-order valence-corrected chi connectivity index (χ4v) is 1.19. The van der Waals surface area contributed by atoms with Gasteiger partial charge in [-0.1, -0.05) is 11.6 Å². The normalized spacial score (nSPS) is 9.07. The van der Waals surface area contributed by atoms with Crippen molar-refractivity contribution < 1.29 is 14.7 Å². The lowest BCUT2D eigenvalue weighted by molar-refractivity contribution is -0.111. The van der Waals surface area contributed by atoms with E-state index in [4.69, 9.17) is 23.1 Å². The van der Waals surface area contributed by atoms with Crippen LogP contribution in [0.15, 0.2) is 18.2 Å². The summed E-state index contributed by atoms with van der Waals surface area (Å²) in [7, 11) is 0. The number of benzene rings is 1. The van der Waals surface area contributed by atoms with Crippen LogP contribution in [-0.2, 0) is 4.79 Å². The molecule has 1 aromatic carbocycles. The van der Waals surface area contributed by atoms with Crippen LogP contribution in [-0.4, -0.2) is 17.0 Å². The number of hydrogen-bond acceptors (Lipinski definition) is 2. The number of carbonyl (C=O) groups excluding carboxylic acids is 1. The van der Waals surface area contributed by atoms with Gasteiger partial charge in [0.05, 0.1) is 5.56 Å². The Labute approximate surface area is 90.9 Å². The third-order valence-electron chi connectivity index (χ3n) is 1.53. The molecule has 0 aliphatic heterocycles. The second-order valence-corrected chi connectivity index (χ2v) is 3.07. The summed E-state index contributed by atoms with van der Waals surface area (Å²) in [5, 5.41) is 11.2. The van der Waals surface area contributed by atoms with Gasteiger partial charge in [0.2, 0.25) is 0 Å². The molecule has 76 valence electrons. The number of anilines is 1. The molecule has 1 amide bonds. The third kappa shape index (κ3) is 3.01. The molecule has 1 rings (SSSR count). The average Bonchev–Trinajstić information content (AvgIpc) is 2.16. The standard InChI is InChI=1S/C10H6ClNO3/c1-2-9(13)12-8-4-6(10(14)15)3-7(11)5-8/h1,3-5H,(H,12,13)(H,14,15). The number of hydrogen-bond donors (Lipinski definition) is 2. The number of terminal acetylenes is 1. The molecule has 0 bridgehead atoms. The predicted molar refractivity (Wildman–Crippen MR) is 55.9 cm³/mol. The third-order valence-corrected chi connectivity index (χ3v) is 1.75. The van der Waals surface area contributed by atoms with Gasteiger partial charge in [-0.2, -0.15) is 0 Å². The first-order valence-corrected chi connectivity index (χ1v) is 4.22. The van der Waals surface area contributed by atoms with Crippen molar-refractivity contribution in [3.8, 4) is 12.3 Å². The first-order chi connectivity index (χ1) is 7.02. The first-order valence-electron chi connectivity index (χ1n) is 3.84. The largest absolute Gasteiger partial charge is 0.478 e. The summed E-state index contributed by atoms with van der Waals surface area (Å²) < 4.78 is 0. The molecule has 0 saturated carbocycles. The number of aromatic carboxylic acids is 1. The summed E-state index contributed by atoms with van der Waals surface area (Å²) in [6, 6.07) is 3.95. The Bertz CT molecular complexity index is 462. The van der Waals surface area contributed by atoms with Crippen molar-refractivity contribution in [2.45, 2.75) is 0 Å². The molecule has 0 unspecified atom stereocenters. The molecule has 0 fully saturated rings. The maximum atomic E-state index is 10.8. The van der Waals surface area contributed by atoms with Gasteiger partial charge in [-0.25, -0.2) is 4.79 Å². The molecule has 15 heavy (non-hydrogen) atoms. The summed E-state index contributed by atoms with van der Waals surface area (Å²) in [6.45, 7) is 0. The quantitative estimate of drug-likeness (QED) is 0.749. The molecule has 0 radical (unpaired) electrons. The number of carbonyl (C=O) groups is 2. The van der Waals surface area contributed by atoms with Gasteiger partial charge in [0.1, 0.15) is 0 Å². The minimum atomic E-state index is -1.13. The summed E-state index contributed by atoms with van der Waals surface area (Å²) in [5.41, 5.74) is 0.234. The van der Waals surface area contributed by atoms with E-state index in [0.29, 0.717) is 0 Å². The monoisotopic (exact) mass is 223 g/mol. The second kappa shape index (κ2) is 4.49. The Balaban J connectivity index is 3.05. The second-order valence-electron chi connectivity index (χ2n) is 2.63. The van der Waals surface area contributed by atoms with Crippen LogP contribution in [0.4, 0.5) is 5.69 Å². The van der Waals surface area contributed by atoms with Crippen molar-refractivity contribution in [1.29, 1.82) is 0 Å². The number of rotatable bonds is 2. The predicted octanol–water partition coefficient (Wildman–Crippen LogP) is 1.61. The van der Waals surface area contributed by atoms with Gasteiger partial charge in [0.25, 0.3) is 5.91 Å². The summed E-state index contributed by atoms with van der Waals surface area (Å²) in [6.07, 6.45) is 4.84. The first kappa shape index (κ1) is 11.1. The highest BCUT2D eigenvalue weighted by molar-refractivity contribution is 6.31. The van der Waals surface area contributed by atoms with Crippen LogP contribution in [0.3, 0.4) is 0 Å². The fourth-order valence-electron chi connectivity index (χ4n) is 0.952. The lowest BCUT2D eigenvalue weighted by Crippen LogP contribution is -2.09. The molecule has 0 atom stereocenters. The Morgan fingerprint density at radius 3 is 2.60 bits per heavy atom. The number of carboxylic acids is 1. The Kier molecular flexibility index (Phi) is 3.32. The minimum Gasteiger partial charge on any atom is -0.478 e. The summed E-state index contributed by atoms with van der Waals surface area (Å²) in [5.74, 6) is 0.0515. The summed E-state index contributed by atoms with van der Waals surface area (Å²) >= 11 is 5.65. The van der Waals surface area contributed by atoms with Crippen LogP contribution >= 0.6 is 11.6 Å². The van der Waals surface area contributed by atoms with E-state index in [1.165, 1.54) is 18.2 Å². The van der Waals surface area contributed by atoms with Crippen LogP contribution in [0.1, 0.15) is 10.4 Å². The van der Waals surface area contributed by atoms with Gasteiger partial charge in [0, 0.05) is 10.7 Å². The van der Waals surface area contributed by atoms with E-state index in [9.17, 15) is 9.59 Å². The van der Waals surface area contributed by atoms with Crippen molar-refractivity contribution in [1.82, 2.24) is 0 Å². The van der Waals surface area contributed by atoms with Crippen molar-refractivity contribution in [3.05, 3.63) is 28.8 Å². The number of halogens is 1. The van der Waals surface area contributed by atoms with Crippen LogP contribution in [0.2, 0.25) is 5.02 Å². The molecule has 5 heteroatoms. The zero-order chi connectivity index (χ0) is 11.4. The van der Waals surface area contributed by atoms with Crippen LogP contribution in [0.5, 0.6) is 0 Å². The Hall–Kier alpha value is -1.99. The Morgan fingerprint density at radius 2 is 2.07 bits per heavy atom. The molecule has 0 heterocycles. The van der Waals surface area contributed by atoms with E-state index in [2.05, 4.69) is 5.32 Å². The fraction of sp³-hybridized carbons (Fsp3) is 0. The highest BCUT2D eigenvalue weighted by atomic mass is 35.5. The Morgan fingerprint density at radius 1 is 1.40 bits per heavy atom. The van der Waals surface area contributed by atoms with Gasteiger partial charge in [0.15, 0.2) is 0 Å². The smallest absolute Gasteiger partial charge is 0.335 e. The van der Waals surface area contributed by atoms with Crippen molar-refractivity contribution in [2.75, 3.05) is 5.32 Å². The molecule has 1 aromatic rings. The van der Waals surface area contributed by atoms with Crippen LogP contribution in [0.25, 0.3) is 0 Å². The topological polar surface area (TPSA) is 66.4 Å². The van der Waals surface area contributed by atoms with E-state index in [0.717, 1.165) is 0 Å². The molecule has 0 aromatic heterocycles.